The van der Waals surface area contributed by atoms with E-state index >= 15 is 0 Å². The van der Waals surface area contributed by atoms with Gasteiger partial charge in [0.1, 0.15) is 11.5 Å². The average molecular weight is 358 g/mol. The van der Waals surface area contributed by atoms with Crippen LogP contribution < -0.4 is 0 Å². The lowest BCUT2D eigenvalue weighted by atomic mass is 9.77. The van der Waals surface area contributed by atoms with Crippen LogP contribution in [0.2, 0.25) is 0 Å². The molecule has 1 atom stereocenters. The number of piperidine rings is 1. The third-order valence-electron chi connectivity index (χ3n) is 4.83. The van der Waals surface area contributed by atoms with Crippen molar-refractivity contribution in [3.8, 4) is 0 Å². The van der Waals surface area contributed by atoms with Crippen molar-refractivity contribution in [2.75, 3.05) is 26.4 Å². The molecule has 8 heteroatoms. The molecule has 2 rings (SSSR count). The number of furan rings is 1. The Bertz CT molecular complexity index is 684. The number of hydrogen-bond acceptors (Lipinski definition) is 5. The zero-order chi connectivity index (χ0) is 18.0. The van der Waals surface area contributed by atoms with Crippen molar-refractivity contribution in [3.63, 3.8) is 0 Å². The highest BCUT2D eigenvalue weighted by molar-refractivity contribution is 7.88. The van der Waals surface area contributed by atoms with Crippen LogP contribution in [0.15, 0.2) is 16.5 Å². The summed E-state index contributed by atoms with van der Waals surface area (Å²) in [5.74, 6) is 0.573. The summed E-state index contributed by atoms with van der Waals surface area (Å²) in [6, 6.07) is 3.60. The molecule has 2 heterocycles. The molecule has 1 fully saturated rings. The molecule has 7 nitrogen and oxygen atoms in total. The molecular weight excluding hydrogens is 332 g/mol. The number of nitrogens with zero attached hydrogens (tertiary/aromatic N) is 2. The van der Waals surface area contributed by atoms with Gasteiger partial charge < -0.3 is 9.52 Å². The minimum Gasteiger partial charge on any atom is -0.481 e. The van der Waals surface area contributed by atoms with Gasteiger partial charge in [-0.3, -0.25) is 9.69 Å². The molecule has 0 saturated carbocycles. The second kappa shape index (κ2) is 7.25. The topological polar surface area (TPSA) is 91.1 Å². The summed E-state index contributed by atoms with van der Waals surface area (Å²) in [7, 11) is -1.75. The first kappa shape index (κ1) is 19.0. The number of likely N-dealkylation sites (tertiary alicyclic amines) is 1. The van der Waals surface area contributed by atoms with Gasteiger partial charge in [-0.15, -0.1) is 0 Å². The Morgan fingerprint density at radius 2 is 2.08 bits per heavy atom. The smallest absolute Gasteiger partial charge is 0.310 e. The first-order chi connectivity index (χ1) is 11.2. The van der Waals surface area contributed by atoms with Crippen LogP contribution in [0.5, 0.6) is 0 Å². The van der Waals surface area contributed by atoms with Crippen molar-refractivity contribution in [3.05, 3.63) is 23.7 Å². The lowest BCUT2D eigenvalue weighted by molar-refractivity contribution is -0.153. The van der Waals surface area contributed by atoms with E-state index < -0.39 is 21.4 Å². The molecule has 1 aliphatic heterocycles. The van der Waals surface area contributed by atoms with Gasteiger partial charge in [-0.25, -0.2) is 8.42 Å². The highest BCUT2D eigenvalue weighted by Gasteiger charge is 2.40. The van der Waals surface area contributed by atoms with Crippen LogP contribution in [0.25, 0.3) is 0 Å². The summed E-state index contributed by atoms with van der Waals surface area (Å²) in [4.78, 5) is 13.7. The highest BCUT2D eigenvalue weighted by Crippen LogP contribution is 2.34. The second-order valence-corrected chi connectivity index (χ2v) is 8.73. The molecule has 1 aliphatic rings. The highest BCUT2D eigenvalue weighted by atomic mass is 32.2. The van der Waals surface area contributed by atoms with Gasteiger partial charge in [0, 0.05) is 13.6 Å². The quantitative estimate of drug-likeness (QED) is 0.798. The van der Waals surface area contributed by atoms with Gasteiger partial charge in [0.25, 0.3) is 0 Å². The van der Waals surface area contributed by atoms with Crippen LogP contribution in [0, 0.1) is 5.41 Å². The Labute approximate surface area is 143 Å². The Hall–Kier alpha value is -1.38. The van der Waals surface area contributed by atoms with Gasteiger partial charge in [0.2, 0.25) is 10.0 Å². The maximum Gasteiger partial charge on any atom is 0.310 e. The summed E-state index contributed by atoms with van der Waals surface area (Å²) >= 11 is 0. The van der Waals surface area contributed by atoms with Gasteiger partial charge in [-0.1, -0.05) is 6.92 Å². The average Bonchev–Trinajstić information content (AvgIpc) is 2.93. The second-order valence-electron chi connectivity index (χ2n) is 6.64. The fraction of sp³-hybridized carbons (Fsp3) is 0.688. The van der Waals surface area contributed by atoms with E-state index in [9.17, 15) is 18.3 Å². The van der Waals surface area contributed by atoms with Crippen LogP contribution in [0.1, 0.15) is 37.7 Å². The van der Waals surface area contributed by atoms with Gasteiger partial charge in [0.15, 0.2) is 0 Å². The van der Waals surface area contributed by atoms with E-state index in [0.29, 0.717) is 31.7 Å². The van der Waals surface area contributed by atoms with Crippen LogP contribution in [0.4, 0.5) is 0 Å². The molecule has 136 valence electrons. The number of carboxylic acid groups (broad SMARTS) is 1. The Morgan fingerprint density at radius 1 is 1.42 bits per heavy atom. The number of aliphatic carboxylic acids is 1. The summed E-state index contributed by atoms with van der Waals surface area (Å²) in [5, 5.41) is 9.54. The molecule has 1 aromatic heterocycles. The van der Waals surface area contributed by atoms with Crippen molar-refractivity contribution < 1.29 is 22.7 Å². The van der Waals surface area contributed by atoms with Crippen LogP contribution in [-0.4, -0.2) is 55.1 Å². The number of hydrogen-bond donors (Lipinski definition) is 1. The predicted octanol–water partition coefficient (Wildman–Crippen LogP) is 1.75. The fourth-order valence-electron chi connectivity index (χ4n) is 3.13. The van der Waals surface area contributed by atoms with Crippen molar-refractivity contribution in [1.29, 1.82) is 0 Å². The zero-order valence-corrected chi connectivity index (χ0v) is 15.3. The van der Waals surface area contributed by atoms with Crippen LogP contribution >= 0.6 is 0 Å². The van der Waals surface area contributed by atoms with Crippen molar-refractivity contribution in [2.45, 2.75) is 39.3 Å². The molecule has 0 radical (unpaired) electrons. The maximum absolute atomic E-state index is 11.6. The summed E-state index contributed by atoms with van der Waals surface area (Å²) in [6.45, 7) is 4.00. The third-order valence-corrected chi connectivity index (χ3v) is 6.09. The van der Waals surface area contributed by atoms with Gasteiger partial charge in [0.05, 0.1) is 24.8 Å². The molecular formula is C16H26N2O5S. The molecule has 0 aliphatic carbocycles. The molecule has 1 aromatic rings. The van der Waals surface area contributed by atoms with E-state index in [1.807, 2.05) is 13.0 Å². The van der Waals surface area contributed by atoms with E-state index in [1.165, 1.54) is 11.4 Å². The SMILES string of the molecule is CCC1(C(=O)O)CCCN(Cc2ccc(CN(C)S(C)(=O)=O)o2)C1. The number of rotatable bonds is 7. The Balaban J connectivity index is 2.00. The van der Waals surface area contributed by atoms with Crippen molar-refractivity contribution >= 4 is 16.0 Å². The molecule has 0 spiro atoms. The maximum atomic E-state index is 11.6. The number of carbonyl (C=O) groups is 1. The monoisotopic (exact) mass is 358 g/mol. The first-order valence-corrected chi connectivity index (χ1v) is 9.96. The fourth-order valence-corrected chi connectivity index (χ4v) is 3.49. The summed E-state index contributed by atoms with van der Waals surface area (Å²) < 4.78 is 29.8. The van der Waals surface area contributed by atoms with Gasteiger partial charge in [-0.2, -0.15) is 4.31 Å². The standard InChI is InChI=1S/C16H26N2O5S/c1-4-16(15(19)20)8-5-9-18(12-16)11-14-7-6-13(23-14)10-17(2)24(3,21)22/h6-7H,4-5,8-12H2,1-3H3,(H,19,20). The molecule has 0 aromatic carbocycles. The largest absolute Gasteiger partial charge is 0.481 e. The van der Waals surface area contributed by atoms with E-state index in [1.54, 1.807) is 6.07 Å². The van der Waals surface area contributed by atoms with Crippen LogP contribution in [0.3, 0.4) is 0 Å². The molecule has 24 heavy (non-hydrogen) atoms. The Kier molecular flexibility index (Phi) is 5.72. The van der Waals surface area contributed by atoms with E-state index in [2.05, 4.69) is 4.90 Å². The molecule has 1 N–H and O–H groups in total. The molecule has 1 unspecified atom stereocenters. The molecule has 0 bridgehead atoms. The predicted molar refractivity (Wildman–Crippen MR) is 89.9 cm³/mol. The summed E-state index contributed by atoms with van der Waals surface area (Å²) in [6.07, 6.45) is 3.32. The third kappa shape index (κ3) is 4.37. The molecule has 0 amide bonds. The number of sulfonamides is 1. The van der Waals surface area contributed by atoms with E-state index in [4.69, 9.17) is 4.42 Å². The van der Waals surface area contributed by atoms with Crippen LogP contribution in [-0.2, 0) is 27.9 Å². The zero-order valence-electron chi connectivity index (χ0n) is 14.5. The lowest BCUT2D eigenvalue weighted by Gasteiger charge is -2.39. The van der Waals surface area contributed by atoms with E-state index in [0.717, 1.165) is 25.0 Å². The Morgan fingerprint density at radius 3 is 2.67 bits per heavy atom. The normalized spacial score (nSPS) is 22.8. The first-order valence-electron chi connectivity index (χ1n) is 8.11. The lowest BCUT2D eigenvalue weighted by Crippen LogP contribution is -2.47. The minimum atomic E-state index is -3.25. The number of carboxylic acids is 1. The van der Waals surface area contributed by atoms with Gasteiger partial charge >= 0.3 is 5.97 Å². The summed E-state index contributed by atoms with van der Waals surface area (Å²) in [5.41, 5.74) is -0.676. The van der Waals surface area contributed by atoms with Crippen molar-refractivity contribution in [2.24, 2.45) is 5.41 Å². The van der Waals surface area contributed by atoms with Gasteiger partial charge in [-0.05, 0) is 37.9 Å². The van der Waals surface area contributed by atoms with Crippen molar-refractivity contribution in [1.82, 2.24) is 9.21 Å². The minimum absolute atomic E-state index is 0.187. The van der Waals surface area contributed by atoms with E-state index in [-0.39, 0.29) is 6.54 Å². The molecule has 1 saturated heterocycles.